The number of ether oxygens (including phenoxy) is 1. The zero-order chi connectivity index (χ0) is 14.5. The summed E-state index contributed by atoms with van der Waals surface area (Å²) in [7, 11) is 1.64. The SMILES string of the molecule is COc1ccc(CNC(C)c2ccc(F)cc2Cl)cc1. The third-order valence-electron chi connectivity index (χ3n) is 3.20. The van der Waals surface area contributed by atoms with Gasteiger partial charge in [-0.1, -0.05) is 29.8 Å². The first-order chi connectivity index (χ1) is 9.60. The van der Waals surface area contributed by atoms with Gasteiger partial charge in [-0.3, -0.25) is 0 Å². The topological polar surface area (TPSA) is 21.3 Å². The molecule has 0 saturated carbocycles. The molecular formula is C16H17ClFNO. The molecule has 0 spiro atoms. The van der Waals surface area contributed by atoms with Crippen molar-refractivity contribution < 1.29 is 9.13 Å². The molecule has 4 heteroatoms. The van der Waals surface area contributed by atoms with E-state index in [2.05, 4.69) is 5.32 Å². The highest BCUT2D eigenvalue weighted by Gasteiger charge is 2.09. The molecule has 0 amide bonds. The van der Waals surface area contributed by atoms with Crippen LogP contribution in [0, 0.1) is 5.82 Å². The average molecular weight is 294 g/mol. The van der Waals surface area contributed by atoms with Crippen molar-refractivity contribution in [3.8, 4) is 5.75 Å². The summed E-state index contributed by atoms with van der Waals surface area (Å²) in [6.45, 7) is 2.71. The number of hydrogen-bond acceptors (Lipinski definition) is 2. The fraction of sp³-hybridized carbons (Fsp3) is 0.250. The van der Waals surface area contributed by atoms with E-state index in [0.29, 0.717) is 11.6 Å². The summed E-state index contributed by atoms with van der Waals surface area (Å²) in [6, 6.07) is 12.4. The second-order valence-corrected chi connectivity index (χ2v) is 5.02. The summed E-state index contributed by atoms with van der Waals surface area (Å²) < 4.78 is 18.1. The van der Waals surface area contributed by atoms with E-state index in [1.165, 1.54) is 12.1 Å². The lowest BCUT2D eigenvalue weighted by molar-refractivity contribution is 0.414. The third-order valence-corrected chi connectivity index (χ3v) is 3.53. The largest absolute Gasteiger partial charge is 0.497 e. The molecule has 1 N–H and O–H groups in total. The Morgan fingerprint density at radius 3 is 2.50 bits per heavy atom. The molecule has 1 unspecified atom stereocenters. The first kappa shape index (κ1) is 14.8. The van der Waals surface area contributed by atoms with E-state index in [4.69, 9.17) is 16.3 Å². The molecule has 0 aliphatic carbocycles. The molecular weight excluding hydrogens is 277 g/mol. The molecule has 0 radical (unpaired) electrons. The molecule has 20 heavy (non-hydrogen) atoms. The first-order valence-electron chi connectivity index (χ1n) is 6.41. The second-order valence-electron chi connectivity index (χ2n) is 4.62. The van der Waals surface area contributed by atoms with Crippen LogP contribution in [-0.2, 0) is 6.54 Å². The van der Waals surface area contributed by atoms with E-state index >= 15 is 0 Å². The normalized spacial score (nSPS) is 12.2. The van der Waals surface area contributed by atoms with Crippen molar-refractivity contribution in [2.24, 2.45) is 0 Å². The van der Waals surface area contributed by atoms with Crippen LogP contribution in [0.2, 0.25) is 5.02 Å². The Kier molecular flexibility index (Phi) is 4.99. The van der Waals surface area contributed by atoms with Crippen LogP contribution < -0.4 is 10.1 Å². The van der Waals surface area contributed by atoms with Crippen molar-refractivity contribution in [1.29, 1.82) is 0 Å². The van der Waals surface area contributed by atoms with Gasteiger partial charge in [0.1, 0.15) is 11.6 Å². The summed E-state index contributed by atoms with van der Waals surface area (Å²) in [5.41, 5.74) is 2.04. The van der Waals surface area contributed by atoms with E-state index in [1.54, 1.807) is 13.2 Å². The van der Waals surface area contributed by atoms with Crippen molar-refractivity contribution in [3.63, 3.8) is 0 Å². The summed E-state index contributed by atoms with van der Waals surface area (Å²) in [5.74, 6) is 0.518. The number of hydrogen-bond donors (Lipinski definition) is 1. The van der Waals surface area contributed by atoms with Crippen LogP contribution in [0.15, 0.2) is 42.5 Å². The minimum atomic E-state index is -0.318. The zero-order valence-corrected chi connectivity index (χ0v) is 12.2. The first-order valence-corrected chi connectivity index (χ1v) is 6.79. The van der Waals surface area contributed by atoms with E-state index in [-0.39, 0.29) is 11.9 Å². The highest BCUT2D eigenvalue weighted by atomic mass is 35.5. The van der Waals surface area contributed by atoms with Gasteiger partial charge in [0.05, 0.1) is 7.11 Å². The Hall–Kier alpha value is -1.58. The molecule has 2 nitrogen and oxygen atoms in total. The minimum absolute atomic E-state index is 0.0465. The van der Waals surface area contributed by atoms with Gasteiger partial charge in [0, 0.05) is 17.6 Å². The summed E-state index contributed by atoms with van der Waals surface area (Å²) >= 11 is 6.05. The van der Waals surface area contributed by atoms with Crippen LogP contribution in [0.3, 0.4) is 0 Å². The summed E-state index contributed by atoms with van der Waals surface area (Å²) in [5, 5.41) is 3.81. The van der Waals surface area contributed by atoms with Crippen molar-refractivity contribution in [2.45, 2.75) is 19.5 Å². The molecule has 0 fully saturated rings. The minimum Gasteiger partial charge on any atom is -0.497 e. The fourth-order valence-electron chi connectivity index (χ4n) is 1.98. The molecule has 2 rings (SSSR count). The van der Waals surface area contributed by atoms with Gasteiger partial charge in [0.2, 0.25) is 0 Å². The Bertz CT molecular complexity index is 571. The molecule has 2 aromatic carbocycles. The molecule has 0 heterocycles. The van der Waals surface area contributed by atoms with Crippen molar-refractivity contribution >= 4 is 11.6 Å². The monoisotopic (exact) mass is 293 g/mol. The van der Waals surface area contributed by atoms with Crippen LogP contribution in [0.25, 0.3) is 0 Å². The smallest absolute Gasteiger partial charge is 0.124 e. The molecule has 0 saturated heterocycles. The lowest BCUT2D eigenvalue weighted by Gasteiger charge is -2.16. The van der Waals surface area contributed by atoms with Gasteiger partial charge in [0.15, 0.2) is 0 Å². The van der Waals surface area contributed by atoms with Crippen molar-refractivity contribution in [2.75, 3.05) is 7.11 Å². The molecule has 0 aliphatic heterocycles. The lowest BCUT2D eigenvalue weighted by atomic mass is 10.1. The number of rotatable bonds is 5. The highest BCUT2D eigenvalue weighted by molar-refractivity contribution is 6.31. The van der Waals surface area contributed by atoms with E-state index in [9.17, 15) is 4.39 Å². The second kappa shape index (κ2) is 6.73. The van der Waals surface area contributed by atoms with Gasteiger partial charge >= 0.3 is 0 Å². The van der Waals surface area contributed by atoms with E-state index in [0.717, 1.165) is 16.9 Å². The number of benzene rings is 2. The van der Waals surface area contributed by atoms with Crippen LogP contribution in [-0.4, -0.2) is 7.11 Å². The predicted octanol–water partition coefficient (Wildman–Crippen LogP) is 4.34. The zero-order valence-electron chi connectivity index (χ0n) is 11.5. The van der Waals surface area contributed by atoms with Gasteiger partial charge in [-0.2, -0.15) is 0 Å². The van der Waals surface area contributed by atoms with Gasteiger partial charge in [-0.25, -0.2) is 4.39 Å². The summed E-state index contributed by atoms with van der Waals surface area (Å²) in [4.78, 5) is 0. The molecule has 0 bridgehead atoms. The maximum Gasteiger partial charge on any atom is 0.124 e. The molecule has 106 valence electrons. The van der Waals surface area contributed by atoms with Crippen LogP contribution >= 0.6 is 11.6 Å². The van der Waals surface area contributed by atoms with Gasteiger partial charge in [-0.15, -0.1) is 0 Å². The van der Waals surface area contributed by atoms with Crippen LogP contribution in [0.4, 0.5) is 4.39 Å². The Morgan fingerprint density at radius 2 is 1.90 bits per heavy atom. The Morgan fingerprint density at radius 1 is 1.20 bits per heavy atom. The molecule has 0 aliphatic rings. The fourth-order valence-corrected chi connectivity index (χ4v) is 2.31. The van der Waals surface area contributed by atoms with Crippen LogP contribution in [0.1, 0.15) is 24.1 Å². The van der Waals surface area contributed by atoms with Gasteiger partial charge in [0.25, 0.3) is 0 Å². The van der Waals surface area contributed by atoms with E-state index in [1.807, 2.05) is 31.2 Å². The number of methoxy groups -OCH3 is 1. The van der Waals surface area contributed by atoms with Crippen molar-refractivity contribution in [3.05, 3.63) is 64.4 Å². The number of halogens is 2. The summed E-state index contributed by atoms with van der Waals surface area (Å²) in [6.07, 6.45) is 0. The lowest BCUT2D eigenvalue weighted by Crippen LogP contribution is -2.18. The maximum atomic E-state index is 13.0. The van der Waals surface area contributed by atoms with Crippen LogP contribution in [0.5, 0.6) is 5.75 Å². The maximum absolute atomic E-state index is 13.0. The Labute approximate surface area is 123 Å². The standard InChI is InChI=1S/C16H17ClFNO/c1-11(15-8-5-13(18)9-16(15)17)19-10-12-3-6-14(20-2)7-4-12/h3-9,11,19H,10H2,1-2H3. The average Bonchev–Trinajstić information content (AvgIpc) is 2.45. The molecule has 1 atom stereocenters. The third kappa shape index (κ3) is 3.71. The molecule has 2 aromatic rings. The van der Waals surface area contributed by atoms with Gasteiger partial charge in [-0.05, 0) is 42.3 Å². The predicted molar refractivity (Wildman–Crippen MR) is 79.7 cm³/mol. The Balaban J connectivity index is 1.98. The van der Waals surface area contributed by atoms with Gasteiger partial charge < -0.3 is 10.1 Å². The van der Waals surface area contributed by atoms with E-state index < -0.39 is 0 Å². The quantitative estimate of drug-likeness (QED) is 0.885. The molecule has 0 aromatic heterocycles. The van der Waals surface area contributed by atoms with Crippen molar-refractivity contribution in [1.82, 2.24) is 5.32 Å². The number of nitrogens with one attached hydrogen (secondary N) is 1. The highest BCUT2D eigenvalue weighted by Crippen LogP contribution is 2.24.